The van der Waals surface area contributed by atoms with Crippen molar-refractivity contribution in [3.05, 3.63) is 59.7 Å². The van der Waals surface area contributed by atoms with Gasteiger partial charge in [0.15, 0.2) is 0 Å². The zero-order chi connectivity index (χ0) is 22.1. The molecular formula is C26H33NO4. The lowest BCUT2D eigenvalue weighted by Crippen LogP contribution is -2.38. The Kier molecular flexibility index (Phi) is 8.51. The summed E-state index contributed by atoms with van der Waals surface area (Å²) in [5, 5.41) is 8.81. The minimum Gasteiger partial charge on any atom is -0.493 e. The van der Waals surface area contributed by atoms with Gasteiger partial charge >= 0.3 is 5.97 Å². The van der Waals surface area contributed by atoms with Crippen molar-refractivity contribution in [2.45, 2.75) is 70.8 Å². The van der Waals surface area contributed by atoms with E-state index in [1.54, 1.807) is 0 Å². The summed E-state index contributed by atoms with van der Waals surface area (Å²) in [5.74, 6) is -0.0997. The molecule has 0 bridgehead atoms. The Balaban J connectivity index is 1.73. The fraction of sp³-hybridized carbons (Fsp3) is 0.462. The number of carbonyl (C=O) groups excluding carboxylic acids is 1. The van der Waals surface area contributed by atoms with Crippen LogP contribution in [0.3, 0.4) is 0 Å². The Morgan fingerprint density at radius 3 is 2.68 bits per heavy atom. The number of carboxylic acids is 1. The number of rotatable bonds is 11. The number of carbonyl (C=O) groups is 2. The molecular weight excluding hydrogens is 390 g/mol. The second-order valence-electron chi connectivity index (χ2n) is 8.21. The van der Waals surface area contributed by atoms with Gasteiger partial charge in [-0.1, -0.05) is 50.5 Å². The van der Waals surface area contributed by atoms with Crippen LogP contribution in [0, 0.1) is 0 Å². The van der Waals surface area contributed by atoms with Gasteiger partial charge in [0.1, 0.15) is 5.75 Å². The third-order valence-electron chi connectivity index (χ3n) is 5.81. The van der Waals surface area contributed by atoms with Crippen LogP contribution >= 0.6 is 0 Å². The van der Waals surface area contributed by atoms with Gasteiger partial charge in [-0.3, -0.25) is 9.59 Å². The number of piperidine rings is 1. The molecule has 31 heavy (non-hydrogen) atoms. The van der Waals surface area contributed by atoms with Crippen molar-refractivity contribution in [3.8, 4) is 5.75 Å². The van der Waals surface area contributed by atoms with E-state index in [1.807, 2.05) is 29.2 Å². The summed E-state index contributed by atoms with van der Waals surface area (Å²) >= 11 is 0. The topological polar surface area (TPSA) is 66.8 Å². The first-order valence-electron chi connectivity index (χ1n) is 11.4. The van der Waals surface area contributed by atoms with Crippen LogP contribution in [0.1, 0.15) is 75.5 Å². The highest BCUT2D eigenvalue weighted by Crippen LogP contribution is 2.37. The molecule has 2 aromatic rings. The largest absolute Gasteiger partial charge is 0.493 e. The first kappa shape index (κ1) is 22.9. The summed E-state index contributed by atoms with van der Waals surface area (Å²) in [4.78, 5) is 25.5. The number of aliphatic carboxylic acids is 1. The Morgan fingerprint density at radius 1 is 1.13 bits per heavy atom. The molecule has 0 spiro atoms. The van der Waals surface area contributed by atoms with E-state index in [4.69, 9.17) is 9.84 Å². The minimum absolute atomic E-state index is 0.0386. The van der Waals surface area contributed by atoms with Gasteiger partial charge in [-0.25, -0.2) is 0 Å². The first-order chi connectivity index (χ1) is 15.1. The van der Waals surface area contributed by atoms with Gasteiger partial charge in [0.25, 0.3) is 0 Å². The summed E-state index contributed by atoms with van der Waals surface area (Å²) in [6, 6.07) is 16.1. The van der Waals surface area contributed by atoms with E-state index in [0.29, 0.717) is 12.2 Å². The molecule has 1 N–H and O–H groups in total. The quantitative estimate of drug-likeness (QED) is 0.456. The summed E-state index contributed by atoms with van der Waals surface area (Å²) in [6.45, 7) is 2.35. The maximum absolute atomic E-state index is 12.9. The molecule has 0 saturated carbocycles. The Labute approximate surface area is 185 Å². The van der Waals surface area contributed by atoms with E-state index in [0.717, 1.165) is 30.5 Å². The number of unbranched alkanes of at least 4 members (excludes halogenated alkanes) is 3. The second kappa shape index (κ2) is 11.5. The smallest absolute Gasteiger partial charge is 0.306 e. The van der Waals surface area contributed by atoms with E-state index >= 15 is 0 Å². The van der Waals surface area contributed by atoms with Crippen LogP contribution in [-0.4, -0.2) is 23.6 Å². The Hall–Kier alpha value is -2.82. The maximum atomic E-state index is 12.9. The van der Waals surface area contributed by atoms with Gasteiger partial charge in [0.2, 0.25) is 5.91 Å². The lowest BCUT2D eigenvalue weighted by Gasteiger charge is -2.36. The van der Waals surface area contributed by atoms with Crippen LogP contribution in [-0.2, 0) is 16.0 Å². The van der Waals surface area contributed by atoms with Gasteiger partial charge in [0, 0.05) is 12.1 Å². The number of benzene rings is 2. The van der Waals surface area contributed by atoms with Gasteiger partial charge in [-0.05, 0) is 61.1 Å². The summed E-state index contributed by atoms with van der Waals surface area (Å²) in [5.41, 5.74) is 3.27. The van der Waals surface area contributed by atoms with Crippen molar-refractivity contribution in [2.75, 3.05) is 11.5 Å². The van der Waals surface area contributed by atoms with Crippen molar-refractivity contribution in [3.63, 3.8) is 0 Å². The zero-order valence-corrected chi connectivity index (χ0v) is 18.4. The van der Waals surface area contributed by atoms with Crippen LogP contribution in [0.2, 0.25) is 0 Å². The first-order valence-corrected chi connectivity index (χ1v) is 11.4. The highest BCUT2D eigenvalue weighted by atomic mass is 16.5. The lowest BCUT2D eigenvalue weighted by atomic mass is 9.93. The van der Waals surface area contributed by atoms with Crippen molar-refractivity contribution in [2.24, 2.45) is 0 Å². The van der Waals surface area contributed by atoms with Gasteiger partial charge in [-0.15, -0.1) is 0 Å². The molecule has 5 heteroatoms. The van der Waals surface area contributed by atoms with Crippen LogP contribution in [0.4, 0.5) is 5.69 Å². The molecule has 1 unspecified atom stereocenters. The Morgan fingerprint density at radius 2 is 1.94 bits per heavy atom. The van der Waals surface area contributed by atoms with E-state index in [1.165, 1.54) is 31.2 Å². The minimum atomic E-state index is -0.881. The number of nitrogens with zero attached hydrogens (tertiary/aromatic N) is 1. The van der Waals surface area contributed by atoms with E-state index in [9.17, 15) is 9.59 Å². The van der Waals surface area contributed by atoms with E-state index in [-0.39, 0.29) is 25.0 Å². The molecule has 1 heterocycles. The molecule has 1 aliphatic heterocycles. The average Bonchev–Trinajstić information content (AvgIpc) is 2.77. The number of carboxylic acid groups (broad SMARTS) is 1. The third kappa shape index (κ3) is 6.58. The molecule has 0 radical (unpaired) electrons. The highest BCUT2D eigenvalue weighted by molar-refractivity contribution is 5.95. The number of hydrogen-bond acceptors (Lipinski definition) is 3. The monoisotopic (exact) mass is 423 g/mol. The van der Waals surface area contributed by atoms with Gasteiger partial charge in [-0.2, -0.15) is 0 Å². The molecule has 1 amide bonds. The number of anilines is 1. The number of hydrogen-bond donors (Lipinski definition) is 1. The van der Waals surface area contributed by atoms with E-state index < -0.39 is 5.97 Å². The molecule has 3 rings (SSSR count). The molecule has 0 aromatic heterocycles. The highest BCUT2D eigenvalue weighted by Gasteiger charge is 2.30. The van der Waals surface area contributed by atoms with Gasteiger partial charge < -0.3 is 14.7 Å². The molecule has 1 atom stereocenters. The van der Waals surface area contributed by atoms with Gasteiger partial charge in [0.05, 0.1) is 19.1 Å². The predicted octanol–water partition coefficient (Wildman–Crippen LogP) is 5.92. The standard InChI is InChI=1S/C26H33NO4/c1-2-3-4-5-8-20-13-15-22(16-14-20)27-24(11-7-12-25(27)28)21-9-6-10-23(19-21)31-18-17-26(29)30/h6,9-10,13-16,19,24H,2-5,7-8,11-12,17-18H2,1H3,(H,29,30). The maximum Gasteiger partial charge on any atom is 0.306 e. The third-order valence-corrected chi connectivity index (χ3v) is 5.81. The fourth-order valence-corrected chi connectivity index (χ4v) is 4.16. The molecule has 1 saturated heterocycles. The lowest BCUT2D eigenvalue weighted by molar-refractivity contribution is -0.137. The predicted molar refractivity (Wildman–Crippen MR) is 123 cm³/mol. The molecule has 5 nitrogen and oxygen atoms in total. The van der Waals surface area contributed by atoms with Crippen LogP contribution in [0.5, 0.6) is 5.75 Å². The second-order valence-corrected chi connectivity index (χ2v) is 8.21. The van der Waals surface area contributed by atoms with E-state index in [2.05, 4.69) is 31.2 Å². The molecule has 1 fully saturated rings. The average molecular weight is 424 g/mol. The summed E-state index contributed by atoms with van der Waals surface area (Å²) < 4.78 is 5.60. The molecule has 0 aliphatic carbocycles. The zero-order valence-electron chi connectivity index (χ0n) is 18.4. The molecule has 2 aromatic carbocycles. The number of amides is 1. The van der Waals surface area contributed by atoms with Crippen LogP contribution in [0.25, 0.3) is 0 Å². The van der Waals surface area contributed by atoms with Crippen molar-refractivity contribution >= 4 is 17.6 Å². The summed E-state index contributed by atoms with van der Waals surface area (Å²) in [7, 11) is 0. The molecule has 1 aliphatic rings. The van der Waals surface area contributed by atoms with Crippen molar-refractivity contribution in [1.29, 1.82) is 0 Å². The van der Waals surface area contributed by atoms with Crippen molar-refractivity contribution in [1.82, 2.24) is 0 Å². The molecule has 166 valence electrons. The Bertz CT molecular complexity index is 862. The van der Waals surface area contributed by atoms with Crippen LogP contribution in [0.15, 0.2) is 48.5 Å². The SMILES string of the molecule is CCCCCCc1ccc(N2C(=O)CCCC2c2cccc(OCCC(=O)O)c2)cc1. The van der Waals surface area contributed by atoms with Crippen molar-refractivity contribution < 1.29 is 19.4 Å². The number of ether oxygens (including phenoxy) is 1. The fourth-order valence-electron chi connectivity index (χ4n) is 4.16. The normalized spacial score (nSPS) is 16.4. The summed E-state index contributed by atoms with van der Waals surface area (Å²) in [6.07, 6.45) is 8.33. The van der Waals surface area contributed by atoms with Crippen LogP contribution < -0.4 is 9.64 Å². The number of aryl methyl sites for hydroxylation is 1.